The fraction of sp³-hybridized carbons (Fsp3) is 0.333. The van der Waals surface area contributed by atoms with Crippen LogP contribution in [0.25, 0.3) is 0 Å². The monoisotopic (exact) mass is 328 g/mol. The topological polar surface area (TPSA) is 82.9 Å². The summed E-state index contributed by atoms with van der Waals surface area (Å²) in [4.78, 5) is 18.2. The number of hydrogen-bond donors (Lipinski definition) is 2. The molecule has 6 nitrogen and oxygen atoms in total. The first kappa shape index (κ1) is 16.3. The van der Waals surface area contributed by atoms with Gasteiger partial charge in [-0.2, -0.15) is 0 Å². The SMILES string of the molecule is CCOC(=O)c1c(O)nc2c(c1O)CN(Cc1ccccc1)CC2. The number of aromatic hydroxyl groups is 2. The Bertz CT molecular complexity index is 746. The summed E-state index contributed by atoms with van der Waals surface area (Å²) in [5, 5.41) is 20.4. The second-order valence-electron chi connectivity index (χ2n) is 5.75. The summed E-state index contributed by atoms with van der Waals surface area (Å²) in [5.41, 5.74) is 2.13. The van der Waals surface area contributed by atoms with Gasteiger partial charge in [0, 0.05) is 31.6 Å². The molecule has 0 spiro atoms. The zero-order chi connectivity index (χ0) is 17.1. The molecule has 2 N–H and O–H groups in total. The van der Waals surface area contributed by atoms with Crippen molar-refractivity contribution in [3.63, 3.8) is 0 Å². The van der Waals surface area contributed by atoms with Gasteiger partial charge in [0.2, 0.25) is 5.88 Å². The molecular weight excluding hydrogens is 308 g/mol. The highest BCUT2D eigenvalue weighted by Gasteiger charge is 2.28. The number of carbonyl (C=O) groups is 1. The summed E-state index contributed by atoms with van der Waals surface area (Å²) in [7, 11) is 0. The largest absolute Gasteiger partial charge is 0.506 e. The molecule has 0 amide bonds. The van der Waals surface area contributed by atoms with Crippen LogP contribution in [0.1, 0.15) is 34.1 Å². The average Bonchev–Trinajstić information content (AvgIpc) is 2.57. The number of pyridine rings is 1. The van der Waals surface area contributed by atoms with Gasteiger partial charge in [0.1, 0.15) is 5.75 Å². The molecule has 0 unspecified atom stereocenters. The van der Waals surface area contributed by atoms with E-state index in [0.29, 0.717) is 24.2 Å². The Kier molecular flexibility index (Phi) is 4.66. The predicted octanol–water partition coefficient (Wildman–Crippen LogP) is 2.23. The van der Waals surface area contributed by atoms with Gasteiger partial charge in [-0.05, 0) is 12.5 Å². The maximum absolute atomic E-state index is 11.9. The fourth-order valence-electron chi connectivity index (χ4n) is 2.95. The summed E-state index contributed by atoms with van der Waals surface area (Å²) in [6.45, 7) is 3.81. The molecule has 0 fully saturated rings. The molecule has 0 aliphatic carbocycles. The van der Waals surface area contributed by atoms with Crippen molar-refractivity contribution in [2.24, 2.45) is 0 Å². The van der Waals surface area contributed by atoms with Crippen LogP contribution < -0.4 is 0 Å². The van der Waals surface area contributed by atoms with Crippen LogP contribution in [0, 0.1) is 0 Å². The number of rotatable bonds is 4. The highest BCUT2D eigenvalue weighted by atomic mass is 16.5. The highest BCUT2D eigenvalue weighted by Crippen LogP contribution is 2.35. The number of benzene rings is 1. The molecule has 6 heteroatoms. The highest BCUT2D eigenvalue weighted by molar-refractivity contribution is 5.95. The fourth-order valence-corrected chi connectivity index (χ4v) is 2.95. The smallest absolute Gasteiger partial charge is 0.347 e. The van der Waals surface area contributed by atoms with Gasteiger partial charge in [0.15, 0.2) is 5.56 Å². The van der Waals surface area contributed by atoms with Gasteiger partial charge in [-0.15, -0.1) is 0 Å². The van der Waals surface area contributed by atoms with Gasteiger partial charge in [-0.3, -0.25) is 4.90 Å². The number of ether oxygens (including phenoxy) is 1. The molecule has 2 heterocycles. The molecule has 1 aromatic heterocycles. The maximum atomic E-state index is 11.9. The number of fused-ring (bicyclic) bond motifs is 1. The van der Waals surface area contributed by atoms with E-state index in [1.807, 2.05) is 18.2 Å². The summed E-state index contributed by atoms with van der Waals surface area (Å²) >= 11 is 0. The van der Waals surface area contributed by atoms with Crippen LogP contribution in [-0.4, -0.2) is 39.2 Å². The lowest BCUT2D eigenvalue weighted by Crippen LogP contribution is -2.31. The van der Waals surface area contributed by atoms with Gasteiger partial charge in [-0.1, -0.05) is 30.3 Å². The van der Waals surface area contributed by atoms with Crippen molar-refractivity contribution in [3.05, 3.63) is 52.7 Å². The van der Waals surface area contributed by atoms with E-state index >= 15 is 0 Å². The van der Waals surface area contributed by atoms with Crippen molar-refractivity contribution in [3.8, 4) is 11.6 Å². The van der Waals surface area contributed by atoms with E-state index in [1.54, 1.807) is 6.92 Å². The van der Waals surface area contributed by atoms with Crippen molar-refractivity contribution in [2.75, 3.05) is 13.2 Å². The number of carbonyl (C=O) groups excluding carboxylic acids is 1. The summed E-state index contributed by atoms with van der Waals surface area (Å²) < 4.78 is 4.89. The van der Waals surface area contributed by atoms with Crippen LogP contribution in [0.4, 0.5) is 0 Å². The van der Waals surface area contributed by atoms with E-state index in [0.717, 1.165) is 13.1 Å². The van der Waals surface area contributed by atoms with E-state index in [1.165, 1.54) is 5.56 Å². The van der Waals surface area contributed by atoms with Crippen molar-refractivity contribution in [1.29, 1.82) is 0 Å². The maximum Gasteiger partial charge on any atom is 0.347 e. The van der Waals surface area contributed by atoms with Crippen molar-refractivity contribution in [1.82, 2.24) is 9.88 Å². The molecule has 0 saturated heterocycles. The second-order valence-corrected chi connectivity index (χ2v) is 5.75. The lowest BCUT2D eigenvalue weighted by molar-refractivity contribution is 0.0518. The molecular formula is C18H20N2O4. The van der Waals surface area contributed by atoms with Crippen LogP contribution in [0.3, 0.4) is 0 Å². The third-order valence-electron chi connectivity index (χ3n) is 4.11. The van der Waals surface area contributed by atoms with Gasteiger partial charge in [0.05, 0.1) is 12.3 Å². The lowest BCUT2D eigenvalue weighted by Gasteiger charge is -2.29. The van der Waals surface area contributed by atoms with E-state index < -0.39 is 11.8 Å². The molecule has 24 heavy (non-hydrogen) atoms. The number of hydrogen-bond acceptors (Lipinski definition) is 6. The summed E-state index contributed by atoms with van der Waals surface area (Å²) in [6, 6.07) is 10.1. The van der Waals surface area contributed by atoms with Crippen LogP contribution in [0.2, 0.25) is 0 Å². The zero-order valence-corrected chi connectivity index (χ0v) is 13.5. The Balaban J connectivity index is 1.87. The molecule has 0 atom stereocenters. The summed E-state index contributed by atoms with van der Waals surface area (Å²) in [6.07, 6.45) is 0.604. The number of aromatic nitrogens is 1. The Labute approximate surface area is 140 Å². The average molecular weight is 328 g/mol. The molecule has 1 aliphatic heterocycles. The first-order valence-electron chi connectivity index (χ1n) is 7.97. The Morgan fingerprint density at radius 3 is 2.75 bits per heavy atom. The van der Waals surface area contributed by atoms with Crippen LogP contribution in [0.5, 0.6) is 11.6 Å². The molecule has 3 rings (SSSR count). The minimum absolute atomic E-state index is 0.162. The predicted molar refractivity (Wildman–Crippen MR) is 87.8 cm³/mol. The number of nitrogens with zero attached hydrogens (tertiary/aromatic N) is 2. The van der Waals surface area contributed by atoms with Crippen LogP contribution in [-0.2, 0) is 24.2 Å². The minimum atomic E-state index is -0.761. The zero-order valence-electron chi connectivity index (χ0n) is 13.5. The summed E-state index contributed by atoms with van der Waals surface area (Å²) in [5.74, 6) is -1.46. The molecule has 126 valence electrons. The second kappa shape index (κ2) is 6.88. The number of esters is 1. The third kappa shape index (κ3) is 3.19. The Morgan fingerprint density at radius 1 is 1.29 bits per heavy atom. The van der Waals surface area contributed by atoms with Crippen molar-refractivity contribution in [2.45, 2.75) is 26.4 Å². The Hall–Kier alpha value is -2.60. The molecule has 0 saturated carbocycles. The standard InChI is InChI=1S/C18H20N2O4/c1-2-24-18(23)15-16(21)13-11-20(9-8-14(13)19-17(15)22)10-12-6-4-3-5-7-12/h3-7H,2,8-11H2,1H3,(H2,19,21,22). The molecule has 2 aromatic rings. The first-order valence-corrected chi connectivity index (χ1v) is 7.97. The minimum Gasteiger partial charge on any atom is -0.506 e. The lowest BCUT2D eigenvalue weighted by atomic mass is 10.0. The molecule has 0 radical (unpaired) electrons. The van der Waals surface area contributed by atoms with E-state index in [4.69, 9.17) is 4.74 Å². The van der Waals surface area contributed by atoms with E-state index in [-0.39, 0.29) is 17.9 Å². The molecule has 0 bridgehead atoms. The van der Waals surface area contributed by atoms with Gasteiger partial charge in [-0.25, -0.2) is 9.78 Å². The first-order chi connectivity index (χ1) is 11.6. The quantitative estimate of drug-likeness (QED) is 0.838. The van der Waals surface area contributed by atoms with E-state index in [2.05, 4.69) is 22.0 Å². The van der Waals surface area contributed by atoms with Gasteiger partial charge >= 0.3 is 5.97 Å². The third-order valence-corrected chi connectivity index (χ3v) is 4.11. The van der Waals surface area contributed by atoms with Gasteiger partial charge in [0.25, 0.3) is 0 Å². The molecule has 1 aromatic carbocycles. The van der Waals surface area contributed by atoms with Crippen molar-refractivity contribution >= 4 is 5.97 Å². The van der Waals surface area contributed by atoms with Crippen LogP contribution in [0.15, 0.2) is 30.3 Å². The van der Waals surface area contributed by atoms with Crippen LogP contribution >= 0.6 is 0 Å². The van der Waals surface area contributed by atoms with E-state index in [9.17, 15) is 15.0 Å². The Morgan fingerprint density at radius 2 is 2.04 bits per heavy atom. The normalized spacial score (nSPS) is 14.2. The van der Waals surface area contributed by atoms with Crippen molar-refractivity contribution < 1.29 is 19.7 Å². The van der Waals surface area contributed by atoms with Gasteiger partial charge < -0.3 is 14.9 Å². The molecule has 1 aliphatic rings.